The Morgan fingerprint density at radius 3 is 2.82 bits per heavy atom. The third-order valence-electron chi connectivity index (χ3n) is 2.70. The van der Waals surface area contributed by atoms with Gasteiger partial charge in [-0.1, -0.05) is 30.3 Å². The maximum atomic E-state index is 8.38. The van der Waals surface area contributed by atoms with E-state index in [4.69, 9.17) is 10.9 Å². The van der Waals surface area contributed by atoms with Gasteiger partial charge in [-0.25, -0.2) is 0 Å². The number of para-hydroxylation sites is 1. The van der Waals surface area contributed by atoms with Gasteiger partial charge in [0.15, 0.2) is 0 Å². The van der Waals surface area contributed by atoms with Crippen molar-refractivity contribution in [2.24, 2.45) is 10.9 Å². The molecular formula is C13H21N3O. The molecule has 1 aromatic carbocycles. The van der Waals surface area contributed by atoms with Crippen LogP contribution >= 0.6 is 0 Å². The lowest BCUT2D eigenvalue weighted by Crippen LogP contribution is -2.12. The number of amidine groups is 1. The minimum absolute atomic E-state index is 0.305. The van der Waals surface area contributed by atoms with Gasteiger partial charge in [0.1, 0.15) is 5.84 Å². The van der Waals surface area contributed by atoms with Crippen LogP contribution in [0.15, 0.2) is 29.4 Å². The van der Waals surface area contributed by atoms with Crippen LogP contribution in [0.25, 0.3) is 0 Å². The van der Waals surface area contributed by atoms with Crippen molar-refractivity contribution in [2.45, 2.75) is 32.6 Å². The van der Waals surface area contributed by atoms with Gasteiger partial charge in [0.2, 0.25) is 0 Å². The van der Waals surface area contributed by atoms with Crippen molar-refractivity contribution in [1.29, 1.82) is 0 Å². The van der Waals surface area contributed by atoms with Gasteiger partial charge in [0, 0.05) is 18.7 Å². The van der Waals surface area contributed by atoms with Crippen LogP contribution in [0.3, 0.4) is 0 Å². The predicted octanol–water partition coefficient (Wildman–Crippen LogP) is 2.58. The van der Waals surface area contributed by atoms with Crippen molar-refractivity contribution in [3.63, 3.8) is 0 Å². The standard InChI is InChI=1S/C13H21N3O/c1-2-11-7-3-4-8-12(11)15-10-6-5-9-13(14)16-17/h3-4,7-8,15,17H,2,5-6,9-10H2,1H3,(H2,14,16). The monoisotopic (exact) mass is 235 g/mol. The Hall–Kier alpha value is -1.71. The number of benzene rings is 1. The van der Waals surface area contributed by atoms with Crippen LogP contribution < -0.4 is 11.1 Å². The van der Waals surface area contributed by atoms with E-state index < -0.39 is 0 Å². The Morgan fingerprint density at radius 1 is 1.35 bits per heavy atom. The molecule has 0 bridgehead atoms. The van der Waals surface area contributed by atoms with Crippen molar-refractivity contribution in [3.05, 3.63) is 29.8 Å². The summed E-state index contributed by atoms with van der Waals surface area (Å²) >= 11 is 0. The summed E-state index contributed by atoms with van der Waals surface area (Å²) in [5.74, 6) is 0.305. The lowest BCUT2D eigenvalue weighted by atomic mass is 10.1. The first kappa shape index (κ1) is 13.4. The molecule has 0 atom stereocenters. The number of unbranched alkanes of at least 4 members (excludes halogenated alkanes) is 1. The van der Waals surface area contributed by atoms with Gasteiger partial charge in [0.25, 0.3) is 0 Å². The molecule has 94 valence electrons. The van der Waals surface area contributed by atoms with Crippen molar-refractivity contribution in [1.82, 2.24) is 0 Å². The molecule has 4 N–H and O–H groups in total. The number of nitrogens with two attached hydrogens (primary N) is 1. The Kier molecular flexibility index (Phi) is 5.93. The summed E-state index contributed by atoms with van der Waals surface area (Å²) in [7, 11) is 0. The van der Waals surface area contributed by atoms with Gasteiger partial charge in [0.05, 0.1) is 0 Å². The molecule has 0 saturated heterocycles. The second-order valence-corrected chi connectivity index (χ2v) is 3.99. The van der Waals surface area contributed by atoms with Gasteiger partial charge >= 0.3 is 0 Å². The van der Waals surface area contributed by atoms with Gasteiger partial charge in [-0.2, -0.15) is 0 Å². The van der Waals surface area contributed by atoms with Gasteiger partial charge in [-0.3, -0.25) is 0 Å². The zero-order valence-electron chi connectivity index (χ0n) is 10.3. The molecule has 17 heavy (non-hydrogen) atoms. The van der Waals surface area contributed by atoms with E-state index in [2.05, 4.69) is 35.6 Å². The first-order valence-corrected chi connectivity index (χ1v) is 6.06. The topological polar surface area (TPSA) is 70.6 Å². The Labute approximate surface area is 103 Å². The number of anilines is 1. The highest BCUT2D eigenvalue weighted by molar-refractivity contribution is 5.79. The van der Waals surface area contributed by atoms with Crippen molar-refractivity contribution in [2.75, 3.05) is 11.9 Å². The molecule has 0 heterocycles. The van der Waals surface area contributed by atoms with Crippen LogP contribution in [-0.2, 0) is 6.42 Å². The van der Waals surface area contributed by atoms with Crippen LogP contribution in [0.2, 0.25) is 0 Å². The molecule has 0 amide bonds. The summed E-state index contributed by atoms with van der Waals surface area (Å²) < 4.78 is 0. The van der Waals surface area contributed by atoms with Crippen LogP contribution in [0.5, 0.6) is 0 Å². The number of nitrogens with one attached hydrogen (secondary N) is 1. The van der Waals surface area contributed by atoms with Crippen molar-refractivity contribution in [3.8, 4) is 0 Å². The maximum Gasteiger partial charge on any atom is 0.139 e. The summed E-state index contributed by atoms with van der Waals surface area (Å²) in [5.41, 5.74) is 7.94. The van der Waals surface area contributed by atoms with E-state index in [0.717, 1.165) is 25.8 Å². The summed E-state index contributed by atoms with van der Waals surface area (Å²) in [5, 5.41) is 14.7. The number of oxime groups is 1. The van der Waals surface area contributed by atoms with Gasteiger partial charge in [-0.15, -0.1) is 0 Å². The van der Waals surface area contributed by atoms with Crippen LogP contribution in [0.1, 0.15) is 31.7 Å². The average Bonchev–Trinajstić information content (AvgIpc) is 2.38. The van der Waals surface area contributed by atoms with Crippen LogP contribution in [-0.4, -0.2) is 17.6 Å². The SMILES string of the molecule is CCc1ccccc1NCCCCC(N)=NO. The molecule has 4 nitrogen and oxygen atoms in total. The van der Waals surface area contributed by atoms with E-state index in [9.17, 15) is 0 Å². The first-order chi connectivity index (χ1) is 8.27. The highest BCUT2D eigenvalue weighted by atomic mass is 16.4. The molecule has 0 aliphatic heterocycles. The fraction of sp³-hybridized carbons (Fsp3) is 0.462. The molecule has 1 aromatic rings. The molecule has 0 aliphatic rings. The minimum atomic E-state index is 0.305. The molecule has 1 rings (SSSR count). The fourth-order valence-corrected chi connectivity index (χ4v) is 1.71. The van der Waals surface area contributed by atoms with E-state index in [1.165, 1.54) is 11.3 Å². The average molecular weight is 235 g/mol. The summed E-state index contributed by atoms with van der Waals surface area (Å²) in [4.78, 5) is 0. The molecule has 0 spiro atoms. The minimum Gasteiger partial charge on any atom is -0.409 e. The normalized spacial score (nSPS) is 11.5. The van der Waals surface area contributed by atoms with Gasteiger partial charge < -0.3 is 16.3 Å². The zero-order valence-corrected chi connectivity index (χ0v) is 10.3. The van der Waals surface area contributed by atoms with E-state index in [1.807, 2.05) is 6.07 Å². The third kappa shape index (κ3) is 4.76. The second-order valence-electron chi connectivity index (χ2n) is 3.99. The lowest BCUT2D eigenvalue weighted by Gasteiger charge is -2.10. The summed E-state index contributed by atoms with van der Waals surface area (Å²) in [6.45, 7) is 3.06. The fourth-order valence-electron chi connectivity index (χ4n) is 1.71. The number of rotatable bonds is 7. The smallest absolute Gasteiger partial charge is 0.139 e. The molecule has 4 heteroatoms. The number of nitrogens with zero attached hydrogens (tertiary/aromatic N) is 1. The summed E-state index contributed by atoms with van der Waals surface area (Å²) in [6.07, 6.45) is 3.62. The number of hydrogen-bond donors (Lipinski definition) is 3. The predicted molar refractivity (Wildman–Crippen MR) is 71.6 cm³/mol. The molecule has 0 aromatic heterocycles. The van der Waals surface area contributed by atoms with E-state index in [0.29, 0.717) is 12.3 Å². The van der Waals surface area contributed by atoms with E-state index in [1.54, 1.807) is 0 Å². The Bertz CT molecular complexity index is 363. The molecule has 0 radical (unpaired) electrons. The highest BCUT2D eigenvalue weighted by Crippen LogP contribution is 2.15. The number of hydrogen-bond acceptors (Lipinski definition) is 3. The van der Waals surface area contributed by atoms with Crippen molar-refractivity contribution < 1.29 is 5.21 Å². The summed E-state index contributed by atoms with van der Waals surface area (Å²) in [6, 6.07) is 8.33. The van der Waals surface area contributed by atoms with Crippen LogP contribution in [0.4, 0.5) is 5.69 Å². The maximum absolute atomic E-state index is 8.38. The molecule has 0 aliphatic carbocycles. The van der Waals surface area contributed by atoms with Crippen molar-refractivity contribution >= 4 is 11.5 Å². The molecule has 0 saturated carbocycles. The quantitative estimate of drug-likeness (QED) is 0.224. The highest BCUT2D eigenvalue weighted by Gasteiger charge is 1.98. The largest absolute Gasteiger partial charge is 0.409 e. The second kappa shape index (κ2) is 7.54. The van der Waals surface area contributed by atoms with Gasteiger partial charge in [-0.05, 0) is 30.9 Å². The first-order valence-electron chi connectivity index (χ1n) is 6.06. The van der Waals surface area contributed by atoms with E-state index >= 15 is 0 Å². The lowest BCUT2D eigenvalue weighted by molar-refractivity contribution is 0.316. The molecular weight excluding hydrogens is 214 g/mol. The third-order valence-corrected chi connectivity index (χ3v) is 2.70. The van der Waals surface area contributed by atoms with Crippen LogP contribution in [0, 0.1) is 0 Å². The number of aryl methyl sites for hydroxylation is 1. The van der Waals surface area contributed by atoms with E-state index in [-0.39, 0.29) is 0 Å². The Morgan fingerprint density at radius 2 is 2.12 bits per heavy atom. The zero-order chi connectivity index (χ0) is 12.5. The molecule has 0 fully saturated rings. The molecule has 0 unspecified atom stereocenters. The Balaban J connectivity index is 2.26.